The van der Waals surface area contributed by atoms with E-state index < -0.39 is 0 Å². The number of benzene rings is 1. The second kappa shape index (κ2) is 5.80. The van der Waals surface area contributed by atoms with Gasteiger partial charge >= 0.3 is 0 Å². The quantitative estimate of drug-likeness (QED) is 0.872. The maximum atomic E-state index is 14.2. The van der Waals surface area contributed by atoms with Crippen LogP contribution in [0.3, 0.4) is 0 Å². The molecule has 2 aromatic rings. The zero-order chi connectivity index (χ0) is 14.1. The van der Waals surface area contributed by atoms with Gasteiger partial charge in [0.05, 0.1) is 0 Å². The first-order valence-electron chi connectivity index (χ1n) is 7.29. The highest BCUT2D eigenvalue weighted by atomic mass is 32.1. The summed E-state index contributed by atoms with van der Waals surface area (Å²) in [5, 5.41) is 4.38. The van der Waals surface area contributed by atoms with Gasteiger partial charge in [0.1, 0.15) is 5.82 Å². The lowest BCUT2D eigenvalue weighted by molar-refractivity contribution is 0.346. The van der Waals surface area contributed by atoms with Crippen LogP contribution in [0.4, 0.5) is 4.39 Å². The van der Waals surface area contributed by atoms with Gasteiger partial charge in [0.2, 0.25) is 0 Å². The van der Waals surface area contributed by atoms with E-state index >= 15 is 0 Å². The molecule has 108 valence electrons. The Morgan fingerprint density at radius 2 is 2.20 bits per heavy atom. The van der Waals surface area contributed by atoms with Crippen LogP contribution in [0.1, 0.15) is 30.2 Å². The predicted molar refractivity (Wildman–Crippen MR) is 83.7 cm³/mol. The third-order valence-corrected chi connectivity index (χ3v) is 5.14. The van der Waals surface area contributed by atoms with E-state index in [-0.39, 0.29) is 5.82 Å². The van der Waals surface area contributed by atoms with Crippen molar-refractivity contribution in [3.63, 3.8) is 0 Å². The molecule has 0 spiro atoms. The summed E-state index contributed by atoms with van der Waals surface area (Å²) in [4.78, 5) is 3.52. The lowest BCUT2D eigenvalue weighted by Gasteiger charge is -2.15. The average Bonchev–Trinajstić information content (AvgIpc) is 3.20. The minimum absolute atomic E-state index is 0.0871. The second-order valence-electron chi connectivity index (χ2n) is 5.60. The molecule has 1 aromatic carbocycles. The van der Waals surface area contributed by atoms with E-state index in [1.165, 1.54) is 23.3 Å². The number of halogens is 1. The summed E-state index contributed by atoms with van der Waals surface area (Å²) in [6.07, 6.45) is 2.56. The molecular formula is C16H21FN2S. The van der Waals surface area contributed by atoms with Crippen molar-refractivity contribution >= 4 is 21.4 Å². The molecule has 0 radical (unpaired) electrons. The molecular weight excluding hydrogens is 271 g/mol. The van der Waals surface area contributed by atoms with Crippen LogP contribution in [-0.2, 0) is 13.1 Å². The molecule has 0 atom stereocenters. The van der Waals surface area contributed by atoms with Crippen LogP contribution >= 0.6 is 11.3 Å². The molecule has 0 amide bonds. The summed E-state index contributed by atoms with van der Waals surface area (Å²) >= 11 is 1.73. The lowest BCUT2D eigenvalue weighted by atomic mass is 10.1. The van der Waals surface area contributed by atoms with Crippen LogP contribution in [0, 0.1) is 5.82 Å². The van der Waals surface area contributed by atoms with Crippen LogP contribution in [0.15, 0.2) is 18.2 Å². The Morgan fingerprint density at radius 1 is 1.40 bits per heavy atom. The molecule has 0 bridgehead atoms. The number of thiophene rings is 1. The van der Waals surface area contributed by atoms with Crippen molar-refractivity contribution < 1.29 is 4.39 Å². The lowest BCUT2D eigenvalue weighted by Crippen LogP contribution is -2.20. The van der Waals surface area contributed by atoms with E-state index in [4.69, 9.17) is 0 Å². The monoisotopic (exact) mass is 292 g/mol. The molecule has 1 aliphatic rings. The van der Waals surface area contributed by atoms with Crippen molar-refractivity contribution in [3.8, 4) is 0 Å². The van der Waals surface area contributed by atoms with Crippen LogP contribution in [0.5, 0.6) is 0 Å². The van der Waals surface area contributed by atoms with Crippen molar-refractivity contribution in [1.82, 2.24) is 10.2 Å². The molecule has 4 heteroatoms. The summed E-state index contributed by atoms with van der Waals surface area (Å²) in [5.41, 5.74) is 1.17. The molecule has 3 rings (SSSR count). The average molecular weight is 292 g/mol. The van der Waals surface area contributed by atoms with Crippen molar-refractivity contribution in [2.45, 2.75) is 38.9 Å². The van der Waals surface area contributed by atoms with Gasteiger partial charge in [-0.1, -0.05) is 13.0 Å². The Hall–Kier alpha value is -0.970. The number of hydrogen-bond donors (Lipinski definition) is 1. The summed E-state index contributed by atoms with van der Waals surface area (Å²) < 4.78 is 15.3. The molecule has 1 N–H and O–H groups in total. The van der Waals surface area contributed by atoms with Gasteiger partial charge in [0, 0.05) is 34.1 Å². The van der Waals surface area contributed by atoms with Gasteiger partial charge in [-0.15, -0.1) is 11.3 Å². The Morgan fingerprint density at radius 3 is 2.90 bits per heavy atom. The van der Waals surface area contributed by atoms with Crippen LogP contribution in [0.25, 0.3) is 10.1 Å². The van der Waals surface area contributed by atoms with E-state index in [2.05, 4.69) is 24.2 Å². The third kappa shape index (κ3) is 2.87. The summed E-state index contributed by atoms with van der Waals surface area (Å²) in [5.74, 6) is -0.0871. The highest BCUT2D eigenvalue weighted by Crippen LogP contribution is 2.34. The minimum atomic E-state index is -0.0871. The molecule has 1 saturated carbocycles. The van der Waals surface area contributed by atoms with Crippen LogP contribution < -0.4 is 5.32 Å². The zero-order valence-electron chi connectivity index (χ0n) is 12.1. The fraction of sp³-hybridized carbons (Fsp3) is 0.500. The van der Waals surface area contributed by atoms with E-state index in [0.717, 1.165) is 29.7 Å². The number of rotatable bonds is 6. The van der Waals surface area contributed by atoms with Gasteiger partial charge in [-0.3, -0.25) is 0 Å². The first kappa shape index (κ1) is 14.0. The molecule has 0 saturated heterocycles. The third-order valence-electron chi connectivity index (χ3n) is 3.94. The van der Waals surface area contributed by atoms with Gasteiger partial charge in [-0.2, -0.15) is 0 Å². The van der Waals surface area contributed by atoms with Crippen LogP contribution in [0.2, 0.25) is 0 Å². The van der Waals surface area contributed by atoms with Gasteiger partial charge in [0.15, 0.2) is 0 Å². The van der Waals surface area contributed by atoms with E-state index in [0.29, 0.717) is 6.04 Å². The van der Waals surface area contributed by atoms with E-state index in [9.17, 15) is 4.39 Å². The summed E-state index contributed by atoms with van der Waals surface area (Å²) in [6.45, 7) is 4.80. The van der Waals surface area contributed by atoms with Crippen LogP contribution in [-0.4, -0.2) is 24.5 Å². The standard InChI is InChI=1S/C16H21FN2S/c1-3-19(2)10-12-15(9-18-11-7-8-11)20-14-6-4-5-13(17)16(12)14/h4-6,11,18H,3,7-10H2,1-2H3. The van der Waals surface area contributed by atoms with Gasteiger partial charge in [-0.25, -0.2) is 4.39 Å². The Labute approximate surface area is 123 Å². The first-order chi connectivity index (χ1) is 9.69. The van der Waals surface area contributed by atoms with Crippen molar-refractivity contribution in [1.29, 1.82) is 0 Å². The Balaban J connectivity index is 1.97. The Kier molecular flexibility index (Phi) is 4.06. The highest BCUT2D eigenvalue weighted by molar-refractivity contribution is 7.19. The number of hydrogen-bond acceptors (Lipinski definition) is 3. The molecule has 20 heavy (non-hydrogen) atoms. The van der Waals surface area contributed by atoms with E-state index in [1.54, 1.807) is 23.5 Å². The molecule has 1 heterocycles. The smallest absolute Gasteiger partial charge is 0.132 e. The van der Waals surface area contributed by atoms with Crippen molar-refractivity contribution in [2.75, 3.05) is 13.6 Å². The first-order valence-corrected chi connectivity index (χ1v) is 8.11. The molecule has 0 unspecified atom stereocenters. The Bertz CT molecular complexity index is 604. The SMILES string of the molecule is CCN(C)Cc1c(CNC2CC2)sc2cccc(F)c12. The fourth-order valence-corrected chi connectivity index (χ4v) is 3.61. The normalized spacial score (nSPS) is 15.4. The number of fused-ring (bicyclic) bond motifs is 1. The summed E-state index contributed by atoms with van der Waals surface area (Å²) in [6, 6.07) is 6.09. The van der Waals surface area contributed by atoms with Gasteiger partial charge in [-0.05, 0) is 44.1 Å². The maximum Gasteiger partial charge on any atom is 0.132 e. The predicted octanol–water partition coefficient (Wildman–Crippen LogP) is 3.74. The minimum Gasteiger partial charge on any atom is -0.309 e. The van der Waals surface area contributed by atoms with Crippen molar-refractivity contribution in [2.24, 2.45) is 0 Å². The molecule has 0 aliphatic heterocycles. The molecule has 1 aliphatic carbocycles. The zero-order valence-corrected chi connectivity index (χ0v) is 12.9. The maximum absolute atomic E-state index is 14.2. The van der Waals surface area contributed by atoms with Gasteiger partial charge < -0.3 is 10.2 Å². The topological polar surface area (TPSA) is 15.3 Å². The summed E-state index contributed by atoms with van der Waals surface area (Å²) in [7, 11) is 2.09. The van der Waals surface area contributed by atoms with Crippen molar-refractivity contribution in [3.05, 3.63) is 34.5 Å². The molecule has 1 fully saturated rings. The number of nitrogens with one attached hydrogen (secondary N) is 1. The molecule has 2 nitrogen and oxygen atoms in total. The number of nitrogens with zero attached hydrogens (tertiary/aromatic N) is 1. The highest BCUT2D eigenvalue weighted by Gasteiger charge is 2.22. The van der Waals surface area contributed by atoms with E-state index in [1.807, 2.05) is 6.07 Å². The second-order valence-corrected chi connectivity index (χ2v) is 6.74. The van der Waals surface area contributed by atoms with Gasteiger partial charge in [0.25, 0.3) is 0 Å². The fourth-order valence-electron chi connectivity index (χ4n) is 2.43. The molecule has 1 aromatic heterocycles. The largest absolute Gasteiger partial charge is 0.309 e.